The van der Waals surface area contributed by atoms with Crippen molar-refractivity contribution >= 4 is 5.69 Å². The van der Waals surface area contributed by atoms with Gasteiger partial charge in [0.1, 0.15) is 0 Å². The third-order valence-electron chi connectivity index (χ3n) is 4.40. The second-order valence-electron chi connectivity index (χ2n) is 5.79. The average Bonchev–Trinajstić information content (AvgIpc) is 2.62. The molecule has 2 aromatic rings. The number of nitro benzene ring substituents is 1. The van der Waals surface area contributed by atoms with Crippen LogP contribution in [0, 0.1) is 10.1 Å². The minimum Gasteiger partial charge on any atom is -0.371 e. The van der Waals surface area contributed by atoms with E-state index >= 15 is 0 Å². The van der Waals surface area contributed by atoms with Crippen LogP contribution < -0.4 is 0 Å². The molecule has 1 heterocycles. The number of benzene rings is 2. The Balaban J connectivity index is 1.71. The highest BCUT2D eigenvalue weighted by molar-refractivity contribution is 5.34. The van der Waals surface area contributed by atoms with Crippen molar-refractivity contribution in [3.05, 3.63) is 75.8 Å². The third-order valence-corrected chi connectivity index (χ3v) is 4.40. The van der Waals surface area contributed by atoms with Crippen molar-refractivity contribution in [2.45, 2.75) is 19.1 Å². The van der Waals surface area contributed by atoms with Gasteiger partial charge >= 0.3 is 0 Å². The summed E-state index contributed by atoms with van der Waals surface area (Å²) in [6, 6.07) is 17.4. The zero-order valence-corrected chi connectivity index (χ0v) is 13.1. The Labute approximate surface area is 135 Å². The van der Waals surface area contributed by atoms with Gasteiger partial charge in [-0.25, -0.2) is 0 Å². The van der Waals surface area contributed by atoms with Crippen LogP contribution in [0.2, 0.25) is 0 Å². The molecule has 2 atom stereocenters. The van der Waals surface area contributed by atoms with E-state index in [0.29, 0.717) is 12.6 Å². The number of hydrogen-bond donors (Lipinski definition) is 0. The van der Waals surface area contributed by atoms with Gasteiger partial charge in [-0.15, -0.1) is 0 Å². The first-order chi connectivity index (χ1) is 11.1. The van der Waals surface area contributed by atoms with Gasteiger partial charge in [-0.05, 0) is 30.2 Å². The molecule has 0 bridgehead atoms. The third kappa shape index (κ3) is 3.57. The van der Waals surface area contributed by atoms with Crippen LogP contribution in [0.4, 0.5) is 5.69 Å². The maximum absolute atomic E-state index is 10.8. The molecule has 120 valence electrons. The molecule has 23 heavy (non-hydrogen) atoms. The summed E-state index contributed by atoms with van der Waals surface area (Å²) >= 11 is 0. The van der Waals surface area contributed by atoms with Crippen LogP contribution in [0.5, 0.6) is 0 Å². The molecule has 5 nitrogen and oxygen atoms in total. The van der Waals surface area contributed by atoms with Crippen LogP contribution in [-0.2, 0) is 4.74 Å². The highest BCUT2D eigenvalue weighted by Crippen LogP contribution is 2.29. The van der Waals surface area contributed by atoms with E-state index in [2.05, 4.69) is 36.1 Å². The molecule has 0 radical (unpaired) electrons. The Hall–Kier alpha value is -2.24. The zero-order chi connectivity index (χ0) is 16.2. The summed E-state index contributed by atoms with van der Waals surface area (Å²) in [7, 11) is 0. The van der Waals surface area contributed by atoms with Gasteiger partial charge in [-0.2, -0.15) is 0 Å². The Bertz CT molecular complexity index is 658. The lowest BCUT2D eigenvalue weighted by atomic mass is 10.0. The van der Waals surface area contributed by atoms with E-state index in [1.54, 1.807) is 12.1 Å². The van der Waals surface area contributed by atoms with Crippen LogP contribution in [0.25, 0.3) is 0 Å². The van der Waals surface area contributed by atoms with E-state index in [9.17, 15) is 10.1 Å². The predicted octanol–water partition coefficient (Wildman–Crippen LogP) is 3.73. The van der Waals surface area contributed by atoms with Crippen LogP contribution in [0.15, 0.2) is 54.6 Å². The van der Waals surface area contributed by atoms with Crippen molar-refractivity contribution < 1.29 is 9.66 Å². The number of rotatable bonds is 4. The molecule has 0 amide bonds. The Morgan fingerprint density at radius 2 is 1.87 bits per heavy atom. The molecule has 2 aromatic carbocycles. The average molecular weight is 312 g/mol. The van der Waals surface area contributed by atoms with Gasteiger partial charge in [0.15, 0.2) is 0 Å². The van der Waals surface area contributed by atoms with E-state index < -0.39 is 0 Å². The minimum atomic E-state index is -0.380. The first-order valence-corrected chi connectivity index (χ1v) is 7.80. The Kier molecular flexibility index (Phi) is 4.69. The van der Waals surface area contributed by atoms with E-state index in [1.165, 1.54) is 17.7 Å². The molecule has 0 saturated carbocycles. The largest absolute Gasteiger partial charge is 0.371 e. The quantitative estimate of drug-likeness (QED) is 0.637. The molecular weight excluding hydrogens is 292 g/mol. The smallest absolute Gasteiger partial charge is 0.269 e. The maximum atomic E-state index is 10.8. The molecule has 0 spiro atoms. The van der Waals surface area contributed by atoms with Gasteiger partial charge in [0, 0.05) is 31.3 Å². The van der Waals surface area contributed by atoms with E-state index in [4.69, 9.17) is 4.74 Å². The van der Waals surface area contributed by atoms with Gasteiger partial charge in [-0.3, -0.25) is 15.0 Å². The summed E-state index contributed by atoms with van der Waals surface area (Å²) in [5.41, 5.74) is 2.39. The molecule has 1 saturated heterocycles. The maximum Gasteiger partial charge on any atom is 0.269 e. The van der Waals surface area contributed by atoms with Crippen molar-refractivity contribution in [3.8, 4) is 0 Å². The van der Waals surface area contributed by atoms with Crippen LogP contribution >= 0.6 is 0 Å². The molecule has 3 rings (SSSR count). The lowest BCUT2D eigenvalue weighted by Gasteiger charge is -2.37. The first kappa shape index (κ1) is 15.6. The van der Waals surface area contributed by atoms with Gasteiger partial charge in [0.2, 0.25) is 0 Å². The predicted molar refractivity (Wildman–Crippen MR) is 88.2 cm³/mol. The molecule has 1 fully saturated rings. The number of morpholine rings is 1. The normalized spacial score (nSPS) is 20.1. The standard InChI is InChI=1S/C18H20N2O3/c1-14(15-5-3-2-4-6-15)19-11-12-23-18(13-19)16-7-9-17(10-8-16)20(21)22/h2-10,14,18H,11-13H2,1H3/t14-,18-/m1/s1. The van der Waals surface area contributed by atoms with Gasteiger partial charge in [0.25, 0.3) is 5.69 Å². The summed E-state index contributed by atoms with van der Waals surface area (Å²) < 4.78 is 5.87. The number of hydrogen-bond acceptors (Lipinski definition) is 4. The van der Waals surface area contributed by atoms with Crippen molar-refractivity contribution in [3.63, 3.8) is 0 Å². The Morgan fingerprint density at radius 1 is 1.17 bits per heavy atom. The minimum absolute atomic E-state index is 0.0456. The Morgan fingerprint density at radius 3 is 2.52 bits per heavy atom. The summed E-state index contributed by atoms with van der Waals surface area (Å²) in [5, 5.41) is 10.8. The van der Waals surface area contributed by atoms with Gasteiger partial charge < -0.3 is 4.74 Å². The summed E-state index contributed by atoms with van der Waals surface area (Å²) in [5.74, 6) is 0. The topological polar surface area (TPSA) is 55.6 Å². The van der Waals surface area contributed by atoms with Crippen molar-refractivity contribution in [2.75, 3.05) is 19.7 Å². The monoisotopic (exact) mass is 312 g/mol. The first-order valence-electron chi connectivity index (χ1n) is 7.80. The van der Waals surface area contributed by atoms with E-state index in [1.807, 2.05) is 6.07 Å². The van der Waals surface area contributed by atoms with Gasteiger partial charge in [-0.1, -0.05) is 30.3 Å². The van der Waals surface area contributed by atoms with Crippen molar-refractivity contribution in [2.24, 2.45) is 0 Å². The van der Waals surface area contributed by atoms with Crippen molar-refractivity contribution in [1.29, 1.82) is 0 Å². The lowest BCUT2D eigenvalue weighted by Crippen LogP contribution is -2.39. The lowest BCUT2D eigenvalue weighted by molar-refractivity contribution is -0.384. The van der Waals surface area contributed by atoms with Crippen LogP contribution in [-0.4, -0.2) is 29.5 Å². The molecule has 5 heteroatoms. The molecular formula is C18H20N2O3. The number of non-ortho nitro benzene ring substituents is 1. The molecule has 0 aliphatic carbocycles. The number of ether oxygens (including phenoxy) is 1. The van der Waals surface area contributed by atoms with Crippen LogP contribution in [0.3, 0.4) is 0 Å². The molecule has 1 aliphatic rings. The summed E-state index contributed by atoms with van der Waals surface area (Å²) in [4.78, 5) is 12.8. The van der Waals surface area contributed by atoms with Crippen molar-refractivity contribution in [1.82, 2.24) is 4.90 Å². The fraction of sp³-hybridized carbons (Fsp3) is 0.333. The fourth-order valence-corrected chi connectivity index (χ4v) is 2.98. The number of nitro groups is 1. The highest BCUT2D eigenvalue weighted by Gasteiger charge is 2.26. The van der Waals surface area contributed by atoms with Crippen LogP contribution in [0.1, 0.15) is 30.2 Å². The van der Waals surface area contributed by atoms with Gasteiger partial charge in [0.05, 0.1) is 17.6 Å². The summed E-state index contributed by atoms with van der Waals surface area (Å²) in [6.07, 6.45) is -0.0456. The van der Waals surface area contributed by atoms with E-state index in [0.717, 1.165) is 18.7 Å². The van der Waals surface area contributed by atoms with E-state index in [-0.39, 0.29) is 16.7 Å². The highest BCUT2D eigenvalue weighted by atomic mass is 16.6. The molecule has 0 aromatic heterocycles. The second kappa shape index (κ2) is 6.89. The molecule has 0 N–H and O–H groups in total. The molecule has 1 aliphatic heterocycles. The molecule has 0 unspecified atom stereocenters. The summed E-state index contributed by atoms with van der Waals surface area (Å²) in [6.45, 7) is 4.54. The SMILES string of the molecule is C[C@H](c1ccccc1)N1CCO[C@@H](c2ccc([N+](=O)[O-])cc2)C1. The fourth-order valence-electron chi connectivity index (χ4n) is 2.98. The number of nitrogens with zero attached hydrogens (tertiary/aromatic N) is 2. The zero-order valence-electron chi connectivity index (χ0n) is 13.1. The second-order valence-corrected chi connectivity index (χ2v) is 5.79.